The Bertz CT molecular complexity index is 612. The average Bonchev–Trinajstić information content (AvgIpc) is 3.38. The lowest BCUT2D eigenvalue weighted by Crippen LogP contribution is -2.59. The highest BCUT2D eigenvalue weighted by atomic mass is 16.5. The van der Waals surface area contributed by atoms with Crippen LogP contribution in [0.15, 0.2) is 24.3 Å². The topological polar surface area (TPSA) is 55.6 Å². The van der Waals surface area contributed by atoms with Crippen molar-refractivity contribution in [3.05, 3.63) is 35.4 Å². The number of benzene rings is 1. The summed E-state index contributed by atoms with van der Waals surface area (Å²) in [4.78, 5) is 14.3. The van der Waals surface area contributed by atoms with E-state index in [0.29, 0.717) is 17.4 Å². The first-order valence-electron chi connectivity index (χ1n) is 9.31. The van der Waals surface area contributed by atoms with E-state index in [4.69, 9.17) is 10.5 Å². The predicted octanol–water partition coefficient (Wildman–Crippen LogP) is 2.77. The molecule has 4 rings (SSSR count). The van der Waals surface area contributed by atoms with E-state index >= 15 is 0 Å². The van der Waals surface area contributed by atoms with Crippen LogP contribution >= 0.6 is 0 Å². The summed E-state index contributed by atoms with van der Waals surface area (Å²) in [5.41, 5.74) is 6.97. The highest BCUT2D eigenvalue weighted by molar-refractivity contribution is 5.92. The van der Waals surface area contributed by atoms with E-state index in [9.17, 15) is 4.79 Å². The number of hydrogen-bond donors (Lipinski definition) is 1. The number of fused-ring (bicyclic) bond motifs is 2. The van der Waals surface area contributed by atoms with Crippen LogP contribution in [0.25, 0.3) is 0 Å². The summed E-state index contributed by atoms with van der Waals surface area (Å²) >= 11 is 0. The van der Waals surface area contributed by atoms with Gasteiger partial charge in [0.1, 0.15) is 5.60 Å². The Hall–Kier alpha value is -1.39. The lowest BCUT2D eigenvalue weighted by atomic mass is 9.62. The SMILES string of the molecule is CO[C@]1(c2cccc(C(N)=O)c2)[C@@H]2CCC[C@H]1CN(CC1CC1)C2. The van der Waals surface area contributed by atoms with Gasteiger partial charge in [0.25, 0.3) is 0 Å². The molecule has 4 nitrogen and oxygen atoms in total. The van der Waals surface area contributed by atoms with E-state index in [0.717, 1.165) is 24.6 Å². The zero-order valence-corrected chi connectivity index (χ0v) is 14.5. The van der Waals surface area contributed by atoms with Crippen LogP contribution in [0.1, 0.15) is 48.0 Å². The van der Waals surface area contributed by atoms with Crippen LogP contribution in [0.5, 0.6) is 0 Å². The van der Waals surface area contributed by atoms with Gasteiger partial charge in [-0.1, -0.05) is 18.6 Å². The molecular formula is C20H28N2O2. The number of likely N-dealkylation sites (tertiary alicyclic amines) is 1. The van der Waals surface area contributed by atoms with Gasteiger partial charge in [-0.15, -0.1) is 0 Å². The summed E-state index contributed by atoms with van der Waals surface area (Å²) in [6.45, 7) is 3.48. The van der Waals surface area contributed by atoms with Gasteiger partial charge in [-0.2, -0.15) is 0 Å². The molecule has 4 heteroatoms. The lowest BCUT2D eigenvalue weighted by molar-refractivity contribution is -0.169. The quantitative estimate of drug-likeness (QED) is 0.904. The smallest absolute Gasteiger partial charge is 0.248 e. The van der Waals surface area contributed by atoms with Gasteiger partial charge in [0.15, 0.2) is 0 Å². The Morgan fingerprint density at radius 2 is 1.96 bits per heavy atom. The third kappa shape index (κ3) is 2.66. The molecule has 3 atom stereocenters. The molecule has 2 saturated carbocycles. The highest BCUT2D eigenvalue weighted by Crippen LogP contribution is 2.52. The van der Waals surface area contributed by atoms with Crippen molar-refractivity contribution in [2.24, 2.45) is 23.5 Å². The van der Waals surface area contributed by atoms with Gasteiger partial charge in [0.05, 0.1) is 0 Å². The molecule has 130 valence electrons. The van der Waals surface area contributed by atoms with E-state index in [1.54, 1.807) is 6.07 Å². The molecule has 2 N–H and O–H groups in total. The molecular weight excluding hydrogens is 300 g/mol. The number of methoxy groups -OCH3 is 1. The molecule has 1 heterocycles. The predicted molar refractivity (Wildman–Crippen MR) is 93.6 cm³/mol. The number of ether oxygens (including phenoxy) is 1. The van der Waals surface area contributed by atoms with Crippen LogP contribution in [0, 0.1) is 17.8 Å². The van der Waals surface area contributed by atoms with Gasteiger partial charge in [0, 0.05) is 44.1 Å². The van der Waals surface area contributed by atoms with Gasteiger partial charge < -0.3 is 15.4 Å². The van der Waals surface area contributed by atoms with Gasteiger partial charge in [-0.05, 0) is 49.3 Å². The van der Waals surface area contributed by atoms with Crippen molar-refractivity contribution < 1.29 is 9.53 Å². The molecule has 0 spiro atoms. The monoisotopic (exact) mass is 328 g/mol. The van der Waals surface area contributed by atoms with Gasteiger partial charge >= 0.3 is 0 Å². The van der Waals surface area contributed by atoms with Crippen molar-refractivity contribution in [2.75, 3.05) is 26.7 Å². The van der Waals surface area contributed by atoms with Crippen LogP contribution in [-0.2, 0) is 10.3 Å². The molecule has 2 aliphatic carbocycles. The van der Waals surface area contributed by atoms with Crippen molar-refractivity contribution in [1.82, 2.24) is 4.90 Å². The molecule has 0 aromatic heterocycles. The molecule has 2 bridgehead atoms. The minimum Gasteiger partial charge on any atom is -0.373 e. The Kier molecular flexibility index (Phi) is 4.13. The second-order valence-electron chi connectivity index (χ2n) is 7.93. The van der Waals surface area contributed by atoms with Crippen LogP contribution in [0.2, 0.25) is 0 Å². The summed E-state index contributed by atoms with van der Waals surface area (Å²) in [6.07, 6.45) is 6.50. The fourth-order valence-electron chi connectivity index (χ4n) is 5.18. The molecule has 3 fully saturated rings. The standard InChI is InChI=1S/C20H28N2O2/c1-24-20(16-5-2-4-15(10-16)19(21)23)17-6-3-7-18(20)13-22(12-17)11-14-8-9-14/h2,4-5,10,14,17-18H,3,6-9,11-13H2,1H3,(H2,21,23)/t17-,18+,20-. The van der Waals surface area contributed by atoms with Gasteiger partial charge in [0.2, 0.25) is 5.91 Å². The van der Waals surface area contributed by atoms with Gasteiger partial charge in [-0.3, -0.25) is 4.79 Å². The number of nitrogens with two attached hydrogens (primary N) is 1. The first kappa shape index (κ1) is 16.1. The number of amides is 1. The maximum Gasteiger partial charge on any atom is 0.248 e. The second-order valence-corrected chi connectivity index (χ2v) is 7.93. The molecule has 0 radical (unpaired) electrons. The van der Waals surface area contributed by atoms with Crippen molar-refractivity contribution in [3.8, 4) is 0 Å². The van der Waals surface area contributed by atoms with E-state index in [1.165, 1.54) is 38.6 Å². The van der Waals surface area contributed by atoms with Gasteiger partial charge in [-0.25, -0.2) is 0 Å². The van der Waals surface area contributed by atoms with Crippen molar-refractivity contribution in [3.63, 3.8) is 0 Å². The summed E-state index contributed by atoms with van der Waals surface area (Å²) in [7, 11) is 1.85. The number of hydrogen-bond acceptors (Lipinski definition) is 3. The summed E-state index contributed by atoms with van der Waals surface area (Å²) in [6, 6.07) is 7.83. The van der Waals surface area contributed by atoms with Crippen molar-refractivity contribution in [1.29, 1.82) is 0 Å². The Morgan fingerprint density at radius 3 is 2.54 bits per heavy atom. The molecule has 3 aliphatic rings. The van der Waals surface area contributed by atoms with E-state index in [1.807, 2.05) is 19.2 Å². The number of rotatable bonds is 5. The molecule has 0 unspecified atom stereocenters. The number of carbonyl (C=O) groups excluding carboxylic acids is 1. The lowest BCUT2D eigenvalue weighted by Gasteiger charge is -2.55. The molecule has 1 amide bonds. The van der Waals surface area contributed by atoms with Crippen molar-refractivity contribution >= 4 is 5.91 Å². The maximum absolute atomic E-state index is 11.6. The van der Waals surface area contributed by atoms with E-state index < -0.39 is 0 Å². The number of carbonyl (C=O) groups is 1. The minimum absolute atomic E-state index is 0.260. The van der Waals surface area contributed by atoms with Crippen LogP contribution in [0.3, 0.4) is 0 Å². The highest BCUT2D eigenvalue weighted by Gasteiger charge is 2.53. The molecule has 1 saturated heterocycles. The second kappa shape index (κ2) is 6.16. The van der Waals surface area contributed by atoms with Crippen molar-refractivity contribution in [2.45, 2.75) is 37.7 Å². The van der Waals surface area contributed by atoms with Crippen LogP contribution in [-0.4, -0.2) is 37.6 Å². The molecule has 1 aliphatic heterocycles. The molecule has 1 aromatic carbocycles. The van der Waals surface area contributed by atoms with Crippen LogP contribution in [0.4, 0.5) is 0 Å². The molecule has 24 heavy (non-hydrogen) atoms. The third-order valence-corrected chi connectivity index (χ3v) is 6.42. The number of piperidine rings is 1. The fourth-order valence-corrected chi connectivity index (χ4v) is 5.18. The minimum atomic E-state index is -0.362. The number of primary amides is 1. The normalized spacial score (nSPS) is 33.4. The Labute approximate surface area is 144 Å². The first-order valence-corrected chi connectivity index (χ1v) is 9.31. The summed E-state index contributed by atoms with van der Waals surface area (Å²) in [5, 5.41) is 0. The zero-order valence-electron chi connectivity index (χ0n) is 14.5. The van der Waals surface area contributed by atoms with Crippen LogP contribution < -0.4 is 5.73 Å². The number of nitrogens with zero attached hydrogens (tertiary/aromatic N) is 1. The Balaban J connectivity index is 1.67. The fraction of sp³-hybridized carbons (Fsp3) is 0.650. The summed E-state index contributed by atoms with van der Waals surface area (Å²) < 4.78 is 6.26. The first-order chi connectivity index (χ1) is 11.6. The average molecular weight is 328 g/mol. The molecule has 1 aromatic rings. The zero-order chi connectivity index (χ0) is 16.7. The summed E-state index contributed by atoms with van der Waals surface area (Å²) in [5.74, 6) is 1.56. The largest absolute Gasteiger partial charge is 0.373 e. The third-order valence-electron chi connectivity index (χ3n) is 6.42. The van der Waals surface area contributed by atoms with E-state index in [-0.39, 0.29) is 11.5 Å². The van der Waals surface area contributed by atoms with E-state index in [2.05, 4.69) is 11.0 Å². The Morgan fingerprint density at radius 1 is 1.25 bits per heavy atom. The maximum atomic E-state index is 11.6.